The zero-order chi connectivity index (χ0) is 11.3. The van der Waals surface area contributed by atoms with Crippen LogP contribution in [-0.4, -0.2) is 31.1 Å². The summed E-state index contributed by atoms with van der Waals surface area (Å²) >= 11 is 0. The second-order valence-corrected chi connectivity index (χ2v) is 3.12. The Hall–Kier alpha value is -1.62. The maximum atomic E-state index is 11.1. The normalized spacial score (nSPS) is 10.0. The summed E-state index contributed by atoms with van der Waals surface area (Å²) in [5.41, 5.74) is 6.30. The second-order valence-electron chi connectivity index (χ2n) is 3.12. The lowest BCUT2D eigenvalue weighted by Crippen LogP contribution is -2.19. The number of hydrogen-bond donors (Lipinski definition) is 2. The zero-order valence-corrected chi connectivity index (χ0v) is 8.91. The summed E-state index contributed by atoms with van der Waals surface area (Å²) in [6.07, 6.45) is 0. The van der Waals surface area contributed by atoms with E-state index in [-0.39, 0.29) is 0 Å². The predicted octanol–water partition coefficient (Wildman–Crippen LogP) is 0.0871. The van der Waals surface area contributed by atoms with Gasteiger partial charge in [-0.15, -0.1) is 0 Å². The fourth-order valence-electron chi connectivity index (χ4n) is 1.08. The van der Waals surface area contributed by atoms with Crippen molar-refractivity contribution in [2.24, 2.45) is 5.73 Å². The summed E-state index contributed by atoms with van der Waals surface area (Å²) in [6, 6.07) is 3.35. The highest BCUT2D eigenvalue weighted by Crippen LogP contribution is 2.15. The van der Waals surface area contributed by atoms with E-state index in [0.29, 0.717) is 24.6 Å². The average molecular weight is 209 g/mol. The lowest BCUT2D eigenvalue weighted by molar-refractivity contribution is 0.0995. The topological polar surface area (TPSA) is 77.2 Å². The number of carbonyl (C=O) groups excluding carboxylic acids is 1. The van der Waals surface area contributed by atoms with E-state index >= 15 is 0 Å². The van der Waals surface area contributed by atoms with Crippen LogP contribution in [0.5, 0.6) is 5.88 Å². The third-order valence-corrected chi connectivity index (χ3v) is 1.86. The fraction of sp³-hybridized carbons (Fsp3) is 0.400. The number of aromatic nitrogens is 1. The molecule has 0 saturated carbocycles. The summed E-state index contributed by atoms with van der Waals surface area (Å²) in [5, 5.41) is 2.93. The van der Waals surface area contributed by atoms with Crippen molar-refractivity contribution in [1.82, 2.24) is 10.3 Å². The Bertz CT molecular complexity index is 353. The Morgan fingerprint density at radius 1 is 1.60 bits per heavy atom. The number of amides is 1. The summed E-state index contributed by atoms with van der Waals surface area (Å²) < 4.78 is 5.35. The summed E-state index contributed by atoms with van der Waals surface area (Å²) in [7, 11) is 1.82. The molecule has 0 aliphatic rings. The first-order valence-corrected chi connectivity index (χ1v) is 4.70. The van der Waals surface area contributed by atoms with Crippen molar-refractivity contribution in [2.75, 3.05) is 20.2 Å². The molecule has 0 aliphatic heterocycles. The van der Waals surface area contributed by atoms with Gasteiger partial charge in [-0.05, 0) is 26.1 Å². The summed E-state index contributed by atoms with van der Waals surface area (Å²) in [6.45, 7) is 2.97. The van der Waals surface area contributed by atoms with Crippen LogP contribution < -0.4 is 15.8 Å². The van der Waals surface area contributed by atoms with Gasteiger partial charge in [0.1, 0.15) is 12.2 Å². The van der Waals surface area contributed by atoms with Gasteiger partial charge in [-0.1, -0.05) is 0 Å². The zero-order valence-electron chi connectivity index (χ0n) is 8.91. The molecule has 0 unspecified atom stereocenters. The smallest absolute Gasteiger partial charge is 0.254 e. The molecule has 0 atom stereocenters. The highest BCUT2D eigenvalue weighted by Gasteiger charge is 2.10. The predicted molar refractivity (Wildman–Crippen MR) is 56.9 cm³/mol. The highest BCUT2D eigenvalue weighted by molar-refractivity contribution is 5.95. The number of pyridine rings is 1. The van der Waals surface area contributed by atoms with Crippen LogP contribution in [0, 0.1) is 6.92 Å². The minimum atomic E-state index is -0.526. The maximum Gasteiger partial charge on any atom is 0.254 e. The molecule has 1 amide bonds. The monoisotopic (exact) mass is 209 g/mol. The van der Waals surface area contributed by atoms with Gasteiger partial charge in [0.05, 0.1) is 0 Å². The van der Waals surface area contributed by atoms with E-state index < -0.39 is 5.91 Å². The van der Waals surface area contributed by atoms with E-state index in [1.54, 1.807) is 12.1 Å². The Kier molecular flexibility index (Phi) is 4.05. The number of hydrogen-bond acceptors (Lipinski definition) is 4. The van der Waals surface area contributed by atoms with Crippen LogP contribution in [0.25, 0.3) is 0 Å². The Morgan fingerprint density at radius 2 is 2.33 bits per heavy atom. The number of carbonyl (C=O) groups is 1. The van der Waals surface area contributed by atoms with Gasteiger partial charge in [-0.3, -0.25) is 4.79 Å². The first kappa shape index (κ1) is 11.5. The number of aryl methyl sites for hydroxylation is 1. The van der Waals surface area contributed by atoms with Crippen molar-refractivity contribution < 1.29 is 9.53 Å². The van der Waals surface area contributed by atoms with Gasteiger partial charge in [0, 0.05) is 12.2 Å². The molecule has 1 aromatic rings. The molecule has 5 nitrogen and oxygen atoms in total. The average Bonchev–Trinajstić information content (AvgIpc) is 2.18. The van der Waals surface area contributed by atoms with Gasteiger partial charge < -0.3 is 15.8 Å². The van der Waals surface area contributed by atoms with Gasteiger partial charge in [-0.2, -0.15) is 0 Å². The van der Waals surface area contributed by atoms with Gasteiger partial charge >= 0.3 is 0 Å². The van der Waals surface area contributed by atoms with Gasteiger partial charge in [0.2, 0.25) is 5.88 Å². The van der Waals surface area contributed by atoms with Gasteiger partial charge in [-0.25, -0.2) is 4.98 Å². The molecular weight excluding hydrogens is 194 g/mol. The van der Waals surface area contributed by atoms with Crippen molar-refractivity contribution in [3.63, 3.8) is 0 Å². The Morgan fingerprint density at radius 3 is 2.93 bits per heavy atom. The van der Waals surface area contributed by atoms with E-state index in [2.05, 4.69) is 10.3 Å². The van der Waals surface area contributed by atoms with Gasteiger partial charge in [0.25, 0.3) is 5.91 Å². The summed E-state index contributed by atoms with van der Waals surface area (Å²) in [4.78, 5) is 15.2. The van der Waals surface area contributed by atoms with Gasteiger partial charge in [0.15, 0.2) is 0 Å². The molecule has 0 spiro atoms. The minimum Gasteiger partial charge on any atom is -0.476 e. The molecule has 15 heavy (non-hydrogen) atoms. The van der Waals surface area contributed by atoms with E-state index in [0.717, 1.165) is 5.69 Å². The number of nitrogens with two attached hydrogens (primary N) is 1. The van der Waals surface area contributed by atoms with Crippen molar-refractivity contribution >= 4 is 5.91 Å². The van der Waals surface area contributed by atoms with Crippen LogP contribution in [0.2, 0.25) is 0 Å². The molecule has 1 aromatic heterocycles. The molecule has 82 valence electrons. The maximum absolute atomic E-state index is 11.1. The molecular formula is C10H15N3O2. The van der Waals surface area contributed by atoms with Crippen molar-refractivity contribution in [3.8, 4) is 5.88 Å². The molecule has 0 saturated heterocycles. The fourth-order valence-corrected chi connectivity index (χ4v) is 1.08. The van der Waals surface area contributed by atoms with Crippen LogP contribution in [0.3, 0.4) is 0 Å². The van der Waals surface area contributed by atoms with E-state index in [9.17, 15) is 4.79 Å². The second kappa shape index (κ2) is 5.31. The van der Waals surface area contributed by atoms with Crippen LogP contribution in [-0.2, 0) is 0 Å². The number of nitrogens with zero attached hydrogens (tertiary/aromatic N) is 1. The van der Waals surface area contributed by atoms with Crippen LogP contribution >= 0.6 is 0 Å². The highest BCUT2D eigenvalue weighted by atomic mass is 16.5. The lowest BCUT2D eigenvalue weighted by Gasteiger charge is -2.08. The molecule has 5 heteroatoms. The first-order chi connectivity index (χ1) is 7.15. The molecule has 0 aromatic carbocycles. The van der Waals surface area contributed by atoms with Crippen molar-refractivity contribution in [2.45, 2.75) is 6.92 Å². The third kappa shape index (κ3) is 3.21. The van der Waals surface area contributed by atoms with E-state index in [1.165, 1.54) is 0 Å². The SMILES string of the molecule is CNCCOc1nc(C)ccc1C(N)=O. The summed E-state index contributed by atoms with van der Waals surface area (Å²) in [5.74, 6) is -0.222. The molecule has 3 N–H and O–H groups in total. The molecule has 0 bridgehead atoms. The van der Waals surface area contributed by atoms with Crippen LogP contribution in [0.1, 0.15) is 16.1 Å². The van der Waals surface area contributed by atoms with E-state index in [1.807, 2.05) is 14.0 Å². The number of ether oxygens (including phenoxy) is 1. The Balaban J connectivity index is 2.82. The lowest BCUT2D eigenvalue weighted by atomic mass is 10.2. The largest absolute Gasteiger partial charge is 0.476 e. The van der Waals surface area contributed by atoms with Crippen LogP contribution in [0.4, 0.5) is 0 Å². The number of rotatable bonds is 5. The minimum absolute atomic E-state index is 0.303. The molecule has 1 heterocycles. The third-order valence-electron chi connectivity index (χ3n) is 1.86. The number of primary amides is 1. The van der Waals surface area contributed by atoms with Crippen molar-refractivity contribution in [3.05, 3.63) is 23.4 Å². The molecule has 0 fully saturated rings. The molecule has 1 rings (SSSR count). The van der Waals surface area contributed by atoms with E-state index in [4.69, 9.17) is 10.5 Å². The standard InChI is InChI=1S/C10H15N3O2/c1-7-3-4-8(9(11)14)10(13-7)15-6-5-12-2/h3-4,12H,5-6H2,1-2H3,(H2,11,14). The molecule has 0 radical (unpaired) electrons. The van der Waals surface area contributed by atoms with Crippen LogP contribution in [0.15, 0.2) is 12.1 Å². The number of likely N-dealkylation sites (N-methyl/N-ethyl adjacent to an activating group) is 1. The Labute approximate surface area is 88.6 Å². The first-order valence-electron chi connectivity index (χ1n) is 4.70. The van der Waals surface area contributed by atoms with Crippen molar-refractivity contribution in [1.29, 1.82) is 0 Å². The quantitative estimate of drug-likeness (QED) is 0.674. The number of nitrogens with one attached hydrogen (secondary N) is 1. The molecule has 0 aliphatic carbocycles.